The maximum Gasteiger partial charge on any atom is 0.248 e. The van der Waals surface area contributed by atoms with E-state index in [1.54, 1.807) is 12.1 Å². The molecule has 1 N–H and O–H groups in total. The summed E-state index contributed by atoms with van der Waals surface area (Å²) in [5.41, 5.74) is 1.22. The lowest BCUT2D eigenvalue weighted by atomic mass is 10.2. The predicted molar refractivity (Wildman–Crippen MR) is 114 cm³/mol. The summed E-state index contributed by atoms with van der Waals surface area (Å²) in [7, 11) is -2.14. The molecule has 0 radical (unpaired) electrons. The Morgan fingerprint density at radius 2 is 1.72 bits per heavy atom. The highest BCUT2D eigenvalue weighted by molar-refractivity contribution is 7.89. The molecule has 1 aliphatic rings. The van der Waals surface area contributed by atoms with Gasteiger partial charge in [-0.2, -0.15) is 4.31 Å². The Morgan fingerprint density at radius 3 is 2.38 bits per heavy atom. The molecule has 2 aromatic rings. The van der Waals surface area contributed by atoms with Crippen LogP contribution in [0.4, 0.5) is 5.69 Å². The van der Waals surface area contributed by atoms with Crippen molar-refractivity contribution in [2.24, 2.45) is 0 Å². The van der Waals surface area contributed by atoms with Gasteiger partial charge in [-0.15, -0.1) is 0 Å². The molecular formula is C22H26N2O4S. The zero-order valence-corrected chi connectivity index (χ0v) is 17.3. The van der Waals surface area contributed by atoms with Crippen LogP contribution in [0.2, 0.25) is 0 Å². The average molecular weight is 415 g/mol. The Labute approximate surface area is 172 Å². The highest BCUT2D eigenvalue weighted by Gasteiger charge is 2.26. The molecule has 0 spiro atoms. The number of anilines is 1. The van der Waals surface area contributed by atoms with Crippen molar-refractivity contribution in [3.05, 3.63) is 60.2 Å². The fraction of sp³-hybridized carbons (Fsp3) is 0.318. The number of methoxy groups -OCH3 is 1. The van der Waals surface area contributed by atoms with Gasteiger partial charge in [-0.25, -0.2) is 8.42 Å². The van der Waals surface area contributed by atoms with Crippen molar-refractivity contribution in [2.45, 2.75) is 30.6 Å². The molecule has 6 nitrogen and oxygen atoms in total. The van der Waals surface area contributed by atoms with Crippen LogP contribution in [0, 0.1) is 0 Å². The Kier molecular flexibility index (Phi) is 7.06. The van der Waals surface area contributed by atoms with Gasteiger partial charge < -0.3 is 10.1 Å². The van der Waals surface area contributed by atoms with Crippen molar-refractivity contribution in [1.29, 1.82) is 0 Å². The normalized spacial score (nSPS) is 15.8. The molecule has 29 heavy (non-hydrogen) atoms. The van der Waals surface area contributed by atoms with E-state index >= 15 is 0 Å². The van der Waals surface area contributed by atoms with E-state index in [-0.39, 0.29) is 10.8 Å². The second-order valence-corrected chi connectivity index (χ2v) is 8.85. The summed E-state index contributed by atoms with van der Waals surface area (Å²) in [5, 5.41) is 2.73. The second kappa shape index (κ2) is 9.71. The third-order valence-corrected chi connectivity index (χ3v) is 6.75. The van der Waals surface area contributed by atoms with Gasteiger partial charge in [0.1, 0.15) is 5.75 Å². The summed E-state index contributed by atoms with van der Waals surface area (Å²) in [6.45, 7) is 1.05. The molecule has 1 heterocycles. The molecule has 154 valence electrons. The molecule has 0 unspecified atom stereocenters. The maximum atomic E-state index is 13.0. The van der Waals surface area contributed by atoms with Crippen molar-refractivity contribution in [2.75, 3.05) is 25.5 Å². The van der Waals surface area contributed by atoms with E-state index in [2.05, 4.69) is 5.32 Å². The highest BCUT2D eigenvalue weighted by atomic mass is 32.2. The second-order valence-electron chi connectivity index (χ2n) is 6.91. The van der Waals surface area contributed by atoms with Gasteiger partial charge in [0.05, 0.1) is 17.7 Å². The number of rotatable bonds is 6. The zero-order chi connectivity index (χ0) is 20.7. The Morgan fingerprint density at radius 1 is 1.03 bits per heavy atom. The van der Waals surface area contributed by atoms with Crippen molar-refractivity contribution < 1.29 is 17.9 Å². The molecule has 0 saturated carbocycles. The van der Waals surface area contributed by atoms with Gasteiger partial charge in [0, 0.05) is 19.2 Å². The summed E-state index contributed by atoms with van der Waals surface area (Å²) in [6.07, 6.45) is 6.92. The monoisotopic (exact) mass is 414 g/mol. The molecule has 1 amide bonds. The number of benzene rings is 2. The number of nitrogens with one attached hydrogen (secondary N) is 1. The van der Waals surface area contributed by atoms with Gasteiger partial charge in [0.25, 0.3) is 0 Å². The molecule has 0 aliphatic carbocycles. The van der Waals surface area contributed by atoms with E-state index in [4.69, 9.17) is 4.74 Å². The third kappa shape index (κ3) is 5.46. The molecule has 1 saturated heterocycles. The molecule has 2 aromatic carbocycles. The fourth-order valence-corrected chi connectivity index (χ4v) is 4.83. The number of ether oxygens (including phenoxy) is 1. The van der Waals surface area contributed by atoms with Crippen LogP contribution in [0.3, 0.4) is 0 Å². The van der Waals surface area contributed by atoms with E-state index in [1.165, 1.54) is 29.6 Å². The molecular weight excluding hydrogens is 388 g/mol. The first-order valence-electron chi connectivity index (χ1n) is 9.73. The van der Waals surface area contributed by atoms with Crippen LogP contribution in [-0.2, 0) is 14.8 Å². The Balaban J connectivity index is 1.81. The van der Waals surface area contributed by atoms with Crippen LogP contribution in [0.1, 0.15) is 31.2 Å². The van der Waals surface area contributed by atoms with E-state index in [9.17, 15) is 13.2 Å². The summed E-state index contributed by atoms with van der Waals surface area (Å²) >= 11 is 0. The summed E-state index contributed by atoms with van der Waals surface area (Å²) in [5.74, 6) is 0.0396. The summed E-state index contributed by atoms with van der Waals surface area (Å²) < 4.78 is 32.9. The number of carbonyl (C=O) groups is 1. The quantitative estimate of drug-likeness (QED) is 0.727. The maximum absolute atomic E-state index is 13.0. The number of carbonyl (C=O) groups excluding carboxylic acids is 1. The van der Waals surface area contributed by atoms with E-state index in [0.717, 1.165) is 31.2 Å². The van der Waals surface area contributed by atoms with E-state index in [1.807, 2.05) is 30.3 Å². The molecule has 7 heteroatoms. The molecule has 3 rings (SSSR count). The minimum Gasteiger partial charge on any atom is -0.495 e. The number of hydrogen-bond acceptors (Lipinski definition) is 4. The standard InChI is InChI=1S/C22H26N2O4S/c1-28-21-13-12-19(29(26,27)24-15-7-2-3-8-16-24)17-20(21)23-22(25)14-11-18-9-5-4-6-10-18/h4-6,9-14,17H,2-3,7-8,15-16H2,1H3,(H,23,25). The van der Waals surface area contributed by atoms with Crippen LogP contribution < -0.4 is 10.1 Å². The van der Waals surface area contributed by atoms with Crippen LogP contribution in [0.25, 0.3) is 6.08 Å². The van der Waals surface area contributed by atoms with Crippen LogP contribution in [-0.4, -0.2) is 38.8 Å². The van der Waals surface area contributed by atoms with Gasteiger partial charge in [0.2, 0.25) is 15.9 Å². The number of hydrogen-bond donors (Lipinski definition) is 1. The predicted octanol–water partition coefficient (Wildman–Crippen LogP) is 3.91. The first kappa shape index (κ1) is 21.1. The first-order valence-corrected chi connectivity index (χ1v) is 11.2. The van der Waals surface area contributed by atoms with E-state index < -0.39 is 10.0 Å². The first-order chi connectivity index (χ1) is 14.0. The van der Waals surface area contributed by atoms with Crippen LogP contribution in [0.15, 0.2) is 59.5 Å². The molecule has 0 aromatic heterocycles. The lowest BCUT2D eigenvalue weighted by Gasteiger charge is -2.20. The minimum absolute atomic E-state index is 0.155. The SMILES string of the molecule is COc1ccc(S(=O)(=O)N2CCCCCC2)cc1NC(=O)C=Cc1ccccc1. The minimum atomic E-state index is -3.62. The fourth-order valence-electron chi connectivity index (χ4n) is 3.29. The van der Waals surface area contributed by atoms with Gasteiger partial charge in [-0.05, 0) is 42.7 Å². The largest absolute Gasteiger partial charge is 0.495 e. The number of nitrogens with zero attached hydrogens (tertiary/aromatic N) is 1. The van der Waals surface area contributed by atoms with Gasteiger partial charge in [-0.3, -0.25) is 4.79 Å². The highest BCUT2D eigenvalue weighted by Crippen LogP contribution is 2.30. The number of amides is 1. The van der Waals surface area contributed by atoms with E-state index in [0.29, 0.717) is 24.5 Å². The molecule has 0 bridgehead atoms. The van der Waals surface area contributed by atoms with Crippen molar-refractivity contribution in [3.8, 4) is 5.75 Å². The average Bonchev–Trinajstić information content (AvgIpc) is 3.03. The summed E-state index contributed by atoms with van der Waals surface area (Å²) in [4.78, 5) is 12.5. The number of sulfonamides is 1. The van der Waals surface area contributed by atoms with Gasteiger partial charge in [0.15, 0.2) is 0 Å². The topological polar surface area (TPSA) is 75.7 Å². The molecule has 1 aliphatic heterocycles. The Bertz CT molecular complexity index is 964. The molecule has 1 fully saturated rings. The third-order valence-electron chi connectivity index (χ3n) is 4.86. The van der Waals surface area contributed by atoms with Gasteiger partial charge >= 0.3 is 0 Å². The smallest absolute Gasteiger partial charge is 0.248 e. The lowest BCUT2D eigenvalue weighted by molar-refractivity contribution is -0.111. The summed E-state index contributed by atoms with van der Waals surface area (Å²) in [6, 6.07) is 14.0. The van der Waals surface area contributed by atoms with Crippen LogP contribution >= 0.6 is 0 Å². The Hall–Kier alpha value is -2.64. The van der Waals surface area contributed by atoms with Crippen molar-refractivity contribution >= 4 is 27.7 Å². The van der Waals surface area contributed by atoms with Crippen molar-refractivity contribution in [3.63, 3.8) is 0 Å². The van der Waals surface area contributed by atoms with Crippen LogP contribution in [0.5, 0.6) is 5.75 Å². The lowest BCUT2D eigenvalue weighted by Crippen LogP contribution is -2.32. The van der Waals surface area contributed by atoms with Gasteiger partial charge in [-0.1, -0.05) is 43.2 Å². The molecule has 0 atom stereocenters. The zero-order valence-electron chi connectivity index (χ0n) is 16.5. The van der Waals surface area contributed by atoms with Crippen molar-refractivity contribution in [1.82, 2.24) is 4.31 Å².